The first kappa shape index (κ1) is 18.8. The molecular weight excluding hydrogens is 366 g/mol. The number of ether oxygens (including phenoxy) is 2. The molecule has 0 saturated heterocycles. The molecule has 2 aromatic carbocycles. The number of hydrogen-bond acceptors (Lipinski definition) is 5. The SMILES string of the molecule is COc1ccc(NS(=O)(=O)c2cccc(C=CC(=O)Cl)c2)cc1OC. The van der Waals surface area contributed by atoms with E-state index >= 15 is 0 Å². The fourth-order valence-corrected chi connectivity index (χ4v) is 3.23. The average Bonchev–Trinajstić information content (AvgIpc) is 2.59. The molecule has 6 nitrogen and oxygen atoms in total. The lowest BCUT2D eigenvalue weighted by Crippen LogP contribution is -2.13. The van der Waals surface area contributed by atoms with Gasteiger partial charge in [-0.2, -0.15) is 0 Å². The zero-order valence-corrected chi connectivity index (χ0v) is 15.1. The van der Waals surface area contributed by atoms with Gasteiger partial charge in [0.25, 0.3) is 10.0 Å². The van der Waals surface area contributed by atoms with Crippen molar-refractivity contribution in [2.45, 2.75) is 4.90 Å². The Kier molecular flexibility index (Phi) is 6.06. The van der Waals surface area contributed by atoms with Gasteiger partial charge in [0, 0.05) is 6.07 Å². The molecule has 0 aliphatic rings. The zero-order valence-electron chi connectivity index (χ0n) is 13.5. The maximum absolute atomic E-state index is 12.5. The first-order valence-electron chi connectivity index (χ1n) is 7.08. The van der Waals surface area contributed by atoms with Gasteiger partial charge in [-0.3, -0.25) is 9.52 Å². The summed E-state index contributed by atoms with van der Waals surface area (Å²) in [5, 5.41) is -0.642. The molecule has 0 saturated carbocycles. The minimum Gasteiger partial charge on any atom is -0.493 e. The number of anilines is 1. The van der Waals surface area contributed by atoms with Gasteiger partial charge < -0.3 is 9.47 Å². The van der Waals surface area contributed by atoms with Gasteiger partial charge in [0.1, 0.15) is 0 Å². The maximum atomic E-state index is 12.5. The number of methoxy groups -OCH3 is 2. The minimum atomic E-state index is -3.82. The third kappa shape index (κ3) is 4.98. The van der Waals surface area contributed by atoms with E-state index in [9.17, 15) is 13.2 Å². The predicted octanol–water partition coefficient (Wildman–Crippen LogP) is 3.28. The highest BCUT2D eigenvalue weighted by molar-refractivity contribution is 7.92. The van der Waals surface area contributed by atoms with Crippen LogP contribution >= 0.6 is 11.6 Å². The largest absolute Gasteiger partial charge is 0.493 e. The number of benzene rings is 2. The number of nitrogens with one attached hydrogen (secondary N) is 1. The van der Waals surface area contributed by atoms with Crippen LogP contribution in [0.5, 0.6) is 11.5 Å². The second-order valence-corrected chi connectivity index (χ2v) is 6.94. The second-order valence-electron chi connectivity index (χ2n) is 4.89. The zero-order chi connectivity index (χ0) is 18.4. The van der Waals surface area contributed by atoms with Crippen LogP contribution in [0.2, 0.25) is 0 Å². The molecule has 0 aliphatic heterocycles. The van der Waals surface area contributed by atoms with E-state index in [4.69, 9.17) is 21.1 Å². The minimum absolute atomic E-state index is 0.0476. The molecule has 8 heteroatoms. The number of halogens is 1. The Labute approximate surface area is 151 Å². The second kappa shape index (κ2) is 8.04. The maximum Gasteiger partial charge on any atom is 0.261 e. The van der Waals surface area contributed by atoms with Gasteiger partial charge in [-0.05, 0) is 47.5 Å². The van der Waals surface area contributed by atoms with Crippen molar-refractivity contribution in [2.75, 3.05) is 18.9 Å². The van der Waals surface area contributed by atoms with Crippen LogP contribution < -0.4 is 14.2 Å². The van der Waals surface area contributed by atoms with Gasteiger partial charge in [0.2, 0.25) is 5.24 Å². The van der Waals surface area contributed by atoms with Gasteiger partial charge in [0.05, 0.1) is 24.8 Å². The monoisotopic (exact) mass is 381 g/mol. The average molecular weight is 382 g/mol. The normalized spacial score (nSPS) is 11.3. The van der Waals surface area contributed by atoms with Crippen molar-refractivity contribution in [1.82, 2.24) is 0 Å². The molecule has 0 bridgehead atoms. The third-order valence-corrected chi connectivity index (χ3v) is 4.72. The smallest absolute Gasteiger partial charge is 0.261 e. The van der Waals surface area contributed by atoms with E-state index in [2.05, 4.69) is 4.72 Å². The van der Waals surface area contributed by atoms with Crippen molar-refractivity contribution in [1.29, 1.82) is 0 Å². The fraction of sp³-hybridized carbons (Fsp3) is 0.118. The van der Waals surface area contributed by atoms with Gasteiger partial charge in [0.15, 0.2) is 11.5 Å². The van der Waals surface area contributed by atoms with Crippen LogP contribution in [0.3, 0.4) is 0 Å². The summed E-state index contributed by atoms with van der Waals surface area (Å²) in [6, 6.07) is 10.8. The molecule has 25 heavy (non-hydrogen) atoms. The Balaban J connectivity index is 2.30. The predicted molar refractivity (Wildman–Crippen MR) is 96.7 cm³/mol. The summed E-state index contributed by atoms with van der Waals surface area (Å²) in [6.45, 7) is 0. The molecule has 0 spiro atoms. The first-order valence-corrected chi connectivity index (χ1v) is 8.94. The highest BCUT2D eigenvalue weighted by Crippen LogP contribution is 2.30. The van der Waals surface area contributed by atoms with E-state index in [0.717, 1.165) is 6.08 Å². The first-order chi connectivity index (χ1) is 11.9. The lowest BCUT2D eigenvalue weighted by atomic mass is 10.2. The fourth-order valence-electron chi connectivity index (χ4n) is 2.06. The molecule has 2 rings (SSSR count). The number of hydrogen-bond donors (Lipinski definition) is 1. The van der Waals surface area contributed by atoms with E-state index < -0.39 is 15.3 Å². The summed E-state index contributed by atoms with van der Waals surface area (Å²) in [6.07, 6.45) is 2.58. The molecule has 0 heterocycles. The van der Waals surface area contributed by atoms with E-state index in [1.807, 2.05) is 0 Å². The standard InChI is InChI=1S/C17H16ClNO5S/c1-23-15-8-7-13(11-16(15)24-2)19-25(21,22)14-5-3-4-12(10-14)6-9-17(18)20/h3-11,19H,1-2H3. The Bertz CT molecular complexity index is 909. The van der Waals surface area contributed by atoms with Crippen LogP contribution in [0.15, 0.2) is 53.4 Å². The van der Waals surface area contributed by atoms with E-state index in [1.54, 1.807) is 24.3 Å². The van der Waals surface area contributed by atoms with Gasteiger partial charge in [-0.25, -0.2) is 8.42 Å². The van der Waals surface area contributed by atoms with Crippen molar-refractivity contribution in [2.24, 2.45) is 0 Å². The van der Waals surface area contributed by atoms with Crippen LogP contribution in [0.1, 0.15) is 5.56 Å². The molecule has 1 N–H and O–H groups in total. The van der Waals surface area contributed by atoms with E-state index in [0.29, 0.717) is 22.7 Å². The number of allylic oxidation sites excluding steroid dienone is 1. The Morgan fingerprint density at radius 1 is 1.08 bits per heavy atom. The molecular formula is C17H16ClNO5S. The van der Waals surface area contributed by atoms with Crippen LogP contribution in [0.4, 0.5) is 5.69 Å². The number of rotatable bonds is 7. The molecule has 132 valence electrons. The Morgan fingerprint density at radius 2 is 1.80 bits per heavy atom. The number of sulfonamides is 1. The van der Waals surface area contributed by atoms with Crippen molar-refractivity contribution >= 4 is 38.6 Å². The Hall–Kier alpha value is -2.51. The van der Waals surface area contributed by atoms with Crippen LogP contribution in [-0.2, 0) is 14.8 Å². The quantitative estimate of drug-likeness (QED) is 0.588. The van der Waals surface area contributed by atoms with Gasteiger partial charge >= 0.3 is 0 Å². The van der Waals surface area contributed by atoms with E-state index in [1.165, 1.54) is 38.5 Å². The van der Waals surface area contributed by atoms with Crippen molar-refractivity contribution in [3.63, 3.8) is 0 Å². The molecule has 0 atom stereocenters. The van der Waals surface area contributed by atoms with E-state index in [-0.39, 0.29) is 4.90 Å². The van der Waals surface area contributed by atoms with Crippen LogP contribution in [0, 0.1) is 0 Å². The summed E-state index contributed by atoms with van der Waals surface area (Å²) in [7, 11) is -0.862. The molecule has 0 unspecified atom stereocenters. The summed E-state index contributed by atoms with van der Waals surface area (Å²) >= 11 is 5.24. The summed E-state index contributed by atoms with van der Waals surface area (Å²) in [4.78, 5) is 10.8. The molecule has 2 aromatic rings. The highest BCUT2D eigenvalue weighted by Gasteiger charge is 2.15. The third-order valence-electron chi connectivity index (χ3n) is 3.21. The van der Waals surface area contributed by atoms with Crippen molar-refractivity contribution in [3.05, 3.63) is 54.1 Å². The van der Waals surface area contributed by atoms with Crippen molar-refractivity contribution in [3.8, 4) is 11.5 Å². The summed E-state index contributed by atoms with van der Waals surface area (Å²) < 4.78 is 37.8. The summed E-state index contributed by atoms with van der Waals surface area (Å²) in [5.41, 5.74) is 0.860. The molecule has 0 radical (unpaired) electrons. The Morgan fingerprint density at radius 3 is 2.44 bits per heavy atom. The molecule has 0 aromatic heterocycles. The number of carbonyl (C=O) groups is 1. The highest BCUT2D eigenvalue weighted by atomic mass is 35.5. The lowest BCUT2D eigenvalue weighted by molar-refractivity contribution is -0.107. The summed E-state index contributed by atoms with van der Waals surface area (Å²) in [5.74, 6) is 0.892. The van der Waals surface area contributed by atoms with Crippen LogP contribution in [-0.4, -0.2) is 27.9 Å². The molecule has 0 amide bonds. The van der Waals surface area contributed by atoms with Crippen LogP contribution in [0.25, 0.3) is 6.08 Å². The topological polar surface area (TPSA) is 81.7 Å². The molecule has 0 fully saturated rings. The van der Waals surface area contributed by atoms with Gasteiger partial charge in [-0.1, -0.05) is 18.2 Å². The lowest BCUT2D eigenvalue weighted by Gasteiger charge is -2.12. The van der Waals surface area contributed by atoms with Gasteiger partial charge in [-0.15, -0.1) is 0 Å². The number of carbonyl (C=O) groups excluding carboxylic acids is 1. The van der Waals surface area contributed by atoms with Crippen molar-refractivity contribution < 1.29 is 22.7 Å². The molecule has 0 aliphatic carbocycles.